The molecule has 33 heavy (non-hydrogen) atoms. The number of hydrogen-bond donors (Lipinski definition) is 1. The Hall–Kier alpha value is -4.33. The van der Waals surface area contributed by atoms with Crippen molar-refractivity contribution in [3.63, 3.8) is 0 Å². The Morgan fingerprint density at radius 1 is 0.879 bits per heavy atom. The monoisotopic (exact) mass is 443 g/mol. The predicted octanol–water partition coefficient (Wildman–Crippen LogP) is 3.80. The third-order valence-electron chi connectivity index (χ3n) is 5.78. The van der Waals surface area contributed by atoms with Crippen LogP contribution in [0.4, 0.5) is 10.5 Å². The molecule has 0 spiro atoms. The van der Waals surface area contributed by atoms with Crippen molar-refractivity contribution in [3.05, 3.63) is 76.6 Å². The molecule has 0 radical (unpaired) electrons. The van der Waals surface area contributed by atoms with Crippen molar-refractivity contribution in [1.82, 2.24) is 9.88 Å². The van der Waals surface area contributed by atoms with Crippen LogP contribution in [0.1, 0.15) is 22.5 Å². The number of aryl methyl sites for hydroxylation is 2. The van der Waals surface area contributed by atoms with Crippen LogP contribution >= 0.6 is 0 Å². The van der Waals surface area contributed by atoms with E-state index in [1.54, 1.807) is 24.3 Å². The quantitative estimate of drug-likeness (QED) is 0.491. The fraction of sp³-hybridized carbons (Fsp3) is 0.160. The van der Waals surface area contributed by atoms with E-state index in [1.807, 2.05) is 49.6 Å². The van der Waals surface area contributed by atoms with Gasteiger partial charge in [0.25, 0.3) is 11.8 Å². The van der Waals surface area contributed by atoms with Crippen LogP contribution < -0.4 is 19.7 Å². The molecule has 2 aliphatic heterocycles. The zero-order valence-corrected chi connectivity index (χ0v) is 18.3. The van der Waals surface area contributed by atoms with E-state index in [4.69, 9.17) is 9.47 Å². The highest BCUT2D eigenvalue weighted by molar-refractivity contribution is 6.39. The van der Waals surface area contributed by atoms with Gasteiger partial charge in [0.05, 0.1) is 5.69 Å². The largest absolute Gasteiger partial charge is 0.454 e. The van der Waals surface area contributed by atoms with E-state index in [1.165, 1.54) is 6.08 Å². The highest BCUT2D eigenvalue weighted by Gasteiger charge is 2.37. The third-order valence-corrected chi connectivity index (χ3v) is 5.78. The molecule has 5 rings (SSSR count). The first-order valence-electron chi connectivity index (χ1n) is 10.4. The molecular weight excluding hydrogens is 422 g/mol. The molecule has 2 aliphatic rings. The fourth-order valence-electron chi connectivity index (χ4n) is 4.10. The normalized spacial score (nSPS) is 16.5. The lowest BCUT2D eigenvalue weighted by molar-refractivity contribution is -0.122. The van der Waals surface area contributed by atoms with Gasteiger partial charge in [0.2, 0.25) is 6.79 Å². The zero-order chi connectivity index (χ0) is 23.3. The number of urea groups is 1. The molecule has 4 amide bonds. The lowest BCUT2D eigenvalue weighted by Gasteiger charge is -2.26. The molecule has 2 aromatic carbocycles. The van der Waals surface area contributed by atoms with E-state index < -0.39 is 17.8 Å². The maximum Gasteiger partial charge on any atom is 0.335 e. The van der Waals surface area contributed by atoms with Gasteiger partial charge >= 0.3 is 6.03 Å². The number of hydrogen-bond acceptors (Lipinski definition) is 5. The second-order valence-corrected chi connectivity index (χ2v) is 7.99. The Kier molecular flexibility index (Phi) is 4.78. The Morgan fingerprint density at radius 2 is 1.58 bits per heavy atom. The minimum absolute atomic E-state index is 0.110. The Balaban J connectivity index is 1.54. The van der Waals surface area contributed by atoms with Gasteiger partial charge in [-0.3, -0.25) is 14.9 Å². The van der Waals surface area contributed by atoms with E-state index >= 15 is 0 Å². The van der Waals surface area contributed by atoms with E-state index in [0.717, 1.165) is 27.5 Å². The zero-order valence-electron chi connectivity index (χ0n) is 18.3. The van der Waals surface area contributed by atoms with Gasteiger partial charge in [-0.1, -0.05) is 17.7 Å². The number of nitrogens with one attached hydrogen (secondary N) is 1. The first kappa shape index (κ1) is 20.6. The number of amides is 4. The summed E-state index contributed by atoms with van der Waals surface area (Å²) in [5.74, 6) is -0.0374. The van der Waals surface area contributed by atoms with Crippen molar-refractivity contribution in [2.45, 2.75) is 20.8 Å². The lowest BCUT2D eigenvalue weighted by Crippen LogP contribution is -2.54. The van der Waals surface area contributed by atoms with Gasteiger partial charge in [-0.2, -0.15) is 0 Å². The summed E-state index contributed by atoms with van der Waals surface area (Å²) in [6.45, 7) is 5.93. The van der Waals surface area contributed by atoms with Gasteiger partial charge in [-0.25, -0.2) is 9.69 Å². The number of carbonyl (C=O) groups excluding carboxylic acids is 3. The summed E-state index contributed by atoms with van der Waals surface area (Å²) in [7, 11) is 0. The van der Waals surface area contributed by atoms with Crippen LogP contribution in [0.15, 0.2) is 54.1 Å². The van der Waals surface area contributed by atoms with Crippen molar-refractivity contribution in [2.24, 2.45) is 0 Å². The van der Waals surface area contributed by atoms with Crippen LogP contribution in [-0.2, 0) is 9.59 Å². The van der Waals surface area contributed by atoms with Crippen molar-refractivity contribution in [1.29, 1.82) is 0 Å². The number of rotatable bonds is 3. The third kappa shape index (κ3) is 3.45. The molecule has 0 aliphatic carbocycles. The average Bonchev–Trinajstić information content (AvgIpc) is 3.35. The van der Waals surface area contributed by atoms with Crippen molar-refractivity contribution in [3.8, 4) is 17.2 Å². The number of barbiturate groups is 1. The Labute approximate surface area is 190 Å². The van der Waals surface area contributed by atoms with Gasteiger partial charge in [-0.05, 0) is 62.7 Å². The molecule has 8 heteroatoms. The second-order valence-electron chi connectivity index (χ2n) is 7.99. The number of benzene rings is 2. The van der Waals surface area contributed by atoms with Crippen LogP contribution in [0.5, 0.6) is 11.5 Å². The second kappa shape index (κ2) is 7.67. The molecule has 8 nitrogen and oxygen atoms in total. The summed E-state index contributed by atoms with van der Waals surface area (Å²) in [6, 6.07) is 13.7. The molecule has 3 aromatic rings. The highest BCUT2D eigenvalue weighted by atomic mass is 16.7. The number of imide groups is 2. The van der Waals surface area contributed by atoms with E-state index in [2.05, 4.69) is 5.32 Å². The lowest BCUT2D eigenvalue weighted by atomic mass is 10.1. The molecule has 3 heterocycles. The fourth-order valence-corrected chi connectivity index (χ4v) is 4.10. The summed E-state index contributed by atoms with van der Waals surface area (Å²) in [6.07, 6.45) is 1.52. The highest BCUT2D eigenvalue weighted by Crippen LogP contribution is 2.35. The van der Waals surface area contributed by atoms with Crippen molar-refractivity contribution >= 4 is 29.6 Å². The van der Waals surface area contributed by atoms with Crippen LogP contribution in [0.3, 0.4) is 0 Å². The van der Waals surface area contributed by atoms with Crippen LogP contribution in [0, 0.1) is 20.8 Å². The first-order chi connectivity index (χ1) is 15.8. The molecule has 0 saturated carbocycles. The molecule has 1 saturated heterocycles. The summed E-state index contributed by atoms with van der Waals surface area (Å²) < 4.78 is 12.9. The van der Waals surface area contributed by atoms with Crippen molar-refractivity contribution in [2.75, 3.05) is 11.7 Å². The van der Waals surface area contributed by atoms with Crippen LogP contribution in [-0.4, -0.2) is 29.2 Å². The molecular formula is C25H21N3O5. The summed E-state index contributed by atoms with van der Waals surface area (Å²) >= 11 is 0. The number of nitrogens with zero attached hydrogens (tertiary/aromatic N) is 2. The smallest absolute Gasteiger partial charge is 0.335 e. The molecule has 0 unspecified atom stereocenters. The van der Waals surface area contributed by atoms with E-state index in [9.17, 15) is 14.4 Å². The predicted molar refractivity (Wildman–Crippen MR) is 122 cm³/mol. The minimum Gasteiger partial charge on any atom is -0.454 e. The standard InChI is InChI=1S/C25H21N3O5/c1-14-4-6-18(7-5-14)28-24(30)20(23(29)26-25(28)31)11-17-10-15(2)27(16(17)3)19-8-9-21-22(12-19)33-13-32-21/h4-12H,13H2,1-3H3,(H,26,29,31)/b20-11+. The number of ether oxygens (including phenoxy) is 2. The molecule has 1 aromatic heterocycles. The maximum absolute atomic E-state index is 13.2. The van der Waals surface area contributed by atoms with E-state index in [-0.39, 0.29) is 12.4 Å². The number of anilines is 1. The number of aromatic nitrogens is 1. The first-order valence-corrected chi connectivity index (χ1v) is 10.4. The summed E-state index contributed by atoms with van der Waals surface area (Å²) in [5.41, 5.74) is 4.59. The van der Waals surface area contributed by atoms with Gasteiger partial charge in [0.1, 0.15) is 5.57 Å². The summed E-state index contributed by atoms with van der Waals surface area (Å²) in [5, 5.41) is 2.27. The molecule has 166 valence electrons. The van der Waals surface area contributed by atoms with Gasteiger partial charge in [-0.15, -0.1) is 0 Å². The van der Waals surface area contributed by atoms with Gasteiger partial charge < -0.3 is 14.0 Å². The summed E-state index contributed by atoms with van der Waals surface area (Å²) in [4.78, 5) is 39.1. The van der Waals surface area contributed by atoms with E-state index in [0.29, 0.717) is 22.7 Å². The number of fused-ring (bicyclic) bond motifs is 1. The average molecular weight is 443 g/mol. The van der Waals surface area contributed by atoms with Gasteiger partial charge in [0, 0.05) is 23.1 Å². The SMILES string of the molecule is Cc1ccc(N2C(=O)NC(=O)/C(=C\c3cc(C)n(-c4ccc5c(c4)OCO5)c3C)C2=O)cc1. The number of carbonyl (C=O) groups is 3. The maximum atomic E-state index is 13.2. The van der Waals surface area contributed by atoms with Crippen molar-refractivity contribution < 1.29 is 23.9 Å². The molecule has 1 N–H and O–H groups in total. The molecule has 0 bridgehead atoms. The molecule has 0 atom stereocenters. The Bertz CT molecular complexity index is 1350. The minimum atomic E-state index is -0.767. The Morgan fingerprint density at radius 3 is 2.33 bits per heavy atom. The topological polar surface area (TPSA) is 89.9 Å². The molecule has 1 fully saturated rings. The van der Waals surface area contributed by atoms with Gasteiger partial charge in [0.15, 0.2) is 11.5 Å². The van der Waals surface area contributed by atoms with Crippen LogP contribution in [0.25, 0.3) is 11.8 Å². The van der Waals surface area contributed by atoms with Crippen LogP contribution in [0.2, 0.25) is 0 Å².